The van der Waals surface area contributed by atoms with Crippen LogP contribution in [-0.2, 0) is 19.1 Å². The highest BCUT2D eigenvalue weighted by molar-refractivity contribution is 5.99. The van der Waals surface area contributed by atoms with Gasteiger partial charge in [-0.3, -0.25) is 34.8 Å². The lowest BCUT2D eigenvalue weighted by molar-refractivity contribution is -0.191. The Hall–Kier alpha value is -2.27. The molecule has 0 radical (unpaired) electrons. The smallest absolute Gasteiger partial charge is 0.324 e. The van der Waals surface area contributed by atoms with Gasteiger partial charge in [0.05, 0.1) is 30.1 Å². The van der Waals surface area contributed by atoms with Gasteiger partial charge in [-0.2, -0.15) is 0 Å². The Morgan fingerprint density at radius 3 is 2.18 bits per heavy atom. The summed E-state index contributed by atoms with van der Waals surface area (Å²) in [4.78, 5) is 53.7. The van der Waals surface area contributed by atoms with Crippen molar-refractivity contribution in [2.24, 2.45) is 40.9 Å². The molecule has 5 heterocycles. The van der Waals surface area contributed by atoms with Crippen LogP contribution in [0.5, 0.6) is 0 Å². The highest BCUT2D eigenvalue weighted by Crippen LogP contribution is 2.64. The van der Waals surface area contributed by atoms with Crippen LogP contribution in [0.1, 0.15) is 122 Å². The molecule has 4 saturated carbocycles. The van der Waals surface area contributed by atoms with Crippen molar-refractivity contribution in [3.8, 4) is 11.8 Å². The standard InChI is InChI=1S/C45H70N6O6/c52-27-8-7-10-29-15-20-35-34(28-29)45(43(56)48-35)36(41(54)49-23-25-50(26-24-49)44-46-21-9-22-47-44)38-42(55)57-39(31-13-5-2-6-14-31)37(30-11-3-1-4-12-30)51(38)40(45)32-16-18-33(53)19-17-32/h29-40,44,46-47,52-53H,1-6,8-9,11-28H2,(H,48,56)/t29?,32?,33?,34?,35?,36-,37-,38-,39+,40+,45-/m1/s1. The summed E-state index contributed by atoms with van der Waals surface area (Å²) in [6.07, 6.45) is 17.6. The average Bonchev–Trinajstić information content (AvgIpc) is 3.73. The second kappa shape index (κ2) is 17.4. The monoisotopic (exact) mass is 791 g/mol. The SMILES string of the molecule is O=C1O[C@@H](C2CCCCC2)[C@@H](C2CCCCC2)N2[C@@H](C3CCC(O)CC3)[C@]3(C(=O)NC4CCC(C#CCCO)CC43)[C@@H](C(=O)N3CCN(C4NCCCN4)CC3)[C@H]12. The summed E-state index contributed by atoms with van der Waals surface area (Å²) >= 11 is 0. The number of nitrogens with one attached hydrogen (secondary N) is 3. The minimum Gasteiger partial charge on any atom is -0.459 e. The number of hydrogen-bond donors (Lipinski definition) is 5. The summed E-state index contributed by atoms with van der Waals surface area (Å²) in [6.45, 7) is 4.49. The zero-order chi connectivity index (χ0) is 39.1. The van der Waals surface area contributed by atoms with E-state index in [1.807, 2.05) is 4.90 Å². The molecule has 12 nitrogen and oxygen atoms in total. The lowest BCUT2D eigenvalue weighted by atomic mass is 9.55. The lowest BCUT2D eigenvalue weighted by Gasteiger charge is -2.54. The number of nitrogens with zero attached hydrogens (tertiary/aromatic N) is 3. The van der Waals surface area contributed by atoms with Crippen molar-refractivity contribution < 1.29 is 29.3 Å². The van der Waals surface area contributed by atoms with Gasteiger partial charge < -0.3 is 25.2 Å². The Balaban J connectivity index is 1.17. The van der Waals surface area contributed by atoms with E-state index in [-0.39, 0.29) is 84.7 Å². The highest BCUT2D eigenvalue weighted by Gasteiger charge is 2.78. The summed E-state index contributed by atoms with van der Waals surface area (Å²) < 4.78 is 6.89. The first-order valence-corrected chi connectivity index (χ1v) is 23.5. The van der Waals surface area contributed by atoms with Crippen molar-refractivity contribution in [3.05, 3.63) is 0 Å². The predicted molar refractivity (Wildman–Crippen MR) is 215 cm³/mol. The zero-order valence-corrected chi connectivity index (χ0v) is 34.3. The van der Waals surface area contributed by atoms with Crippen molar-refractivity contribution in [2.45, 2.75) is 165 Å². The maximum absolute atomic E-state index is 15.9. The summed E-state index contributed by atoms with van der Waals surface area (Å²) in [5.74, 6) is 6.07. The van der Waals surface area contributed by atoms with Gasteiger partial charge in [0.2, 0.25) is 11.8 Å². The molecule has 5 saturated heterocycles. The van der Waals surface area contributed by atoms with Gasteiger partial charge in [-0.25, -0.2) is 0 Å². The summed E-state index contributed by atoms with van der Waals surface area (Å²) in [5, 5.41) is 31.2. The Labute approximate surface area is 340 Å². The number of piperazine rings is 1. The Morgan fingerprint density at radius 2 is 1.49 bits per heavy atom. The molecule has 1 spiro atoms. The summed E-state index contributed by atoms with van der Waals surface area (Å²) in [5.41, 5.74) is -1.12. The van der Waals surface area contributed by atoms with E-state index in [1.54, 1.807) is 0 Å². The van der Waals surface area contributed by atoms with Crippen LogP contribution in [-0.4, -0.2) is 131 Å². The maximum atomic E-state index is 15.9. The number of rotatable bonds is 6. The molecular weight excluding hydrogens is 721 g/mol. The fraction of sp³-hybridized carbons (Fsp3) is 0.889. The van der Waals surface area contributed by atoms with Crippen LogP contribution in [0, 0.1) is 52.8 Å². The van der Waals surface area contributed by atoms with E-state index in [0.29, 0.717) is 57.8 Å². The number of esters is 1. The average molecular weight is 791 g/mol. The topological polar surface area (TPSA) is 147 Å². The van der Waals surface area contributed by atoms with Gasteiger partial charge >= 0.3 is 5.97 Å². The molecule has 57 heavy (non-hydrogen) atoms. The van der Waals surface area contributed by atoms with E-state index in [9.17, 15) is 10.2 Å². The van der Waals surface area contributed by atoms with Gasteiger partial charge in [0, 0.05) is 50.6 Å². The molecule has 9 fully saturated rings. The van der Waals surface area contributed by atoms with Crippen molar-refractivity contribution in [1.82, 2.24) is 30.7 Å². The van der Waals surface area contributed by atoms with Gasteiger partial charge in [-0.1, -0.05) is 44.4 Å². The molecule has 0 aromatic carbocycles. The van der Waals surface area contributed by atoms with Crippen molar-refractivity contribution >= 4 is 17.8 Å². The number of aliphatic hydroxyl groups is 2. The number of amides is 2. The minimum absolute atomic E-state index is 0.0194. The third-order valence-electron chi connectivity index (χ3n) is 16.6. The number of ether oxygens (including phenoxy) is 1. The Bertz CT molecular complexity index is 1500. The normalized spacial score (nSPS) is 41.5. The number of carbonyl (C=O) groups is 3. The lowest BCUT2D eigenvalue weighted by Crippen LogP contribution is -2.66. The number of fused-ring (bicyclic) bond motifs is 3. The van der Waals surface area contributed by atoms with Gasteiger partial charge in [0.25, 0.3) is 0 Å². The van der Waals surface area contributed by atoms with Gasteiger partial charge in [0.1, 0.15) is 18.4 Å². The summed E-state index contributed by atoms with van der Waals surface area (Å²) in [7, 11) is 0. The van der Waals surface area contributed by atoms with E-state index in [4.69, 9.17) is 4.74 Å². The molecule has 9 atom stereocenters. The third kappa shape index (κ3) is 7.36. The number of hydrogen-bond acceptors (Lipinski definition) is 10. The third-order valence-corrected chi connectivity index (χ3v) is 16.6. The quantitative estimate of drug-likeness (QED) is 0.201. The molecule has 9 rings (SSSR count). The Morgan fingerprint density at radius 1 is 0.807 bits per heavy atom. The molecule has 0 aromatic rings. The second-order valence-electron chi connectivity index (χ2n) is 19.5. The van der Waals surface area contributed by atoms with Crippen LogP contribution in [0.15, 0.2) is 0 Å². The van der Waals surface area contributed by atoms with Crippen LogP contribution >= 0.6 is 0 Å². The zero-order valence-electron chi connectivity index (χ0n) is 34.3. The minimum atomic E-state index is -1.12. The molecule has 4 aliphatic carbocycles. The maximum Gasteiger partial charge on any atom is 0.324 e. The van der Waals surface area contributed by atoms with Crippen molar-refractivity contribution in [1.29, 1.82) is 0 Å². The molecule has 3 unspecified atom stereocenters. The molecule has 9 aliphatic rings. The molecule has 5 aliphatic heterocycles. The molecule has 5 N–H and O–H groups in total. The van der Waals surface area contributed by atoms with Crippen molar-refractivity contribution in [3.63, 3.8) is 0 Å². The first kappa shape index (κ1) is 40.2. The summed E-state index contributed by atoms with van der Waals surface area (Å²) in [6, 6.07) is -1.23. The van der Waals surface area contributed by atoms with Crippen LogP contribution in [0.25, 0.3) is 0 Å². The van der Waals surface area contributed by atoms with E-state index < -0.39 is 17.4 Å². The van der Waals surface area contributed by atoms with Crippen LogP contribution in [0.4, 0.5) is 0 Å². The molecule has 12 heteroatoms. The van der Waals surface area contributed by atoms with E-state index >= 15 is 14.4 Å². The van der Waals surface area contributed by atoms with Crippen LogP contribution < -0.4 is 16.0 Å². The number of aliphatic hydroxyl groups excluding tert-OH is 2. The van der Waals surface area contributed by atoms with E-state index in [1.165, 1.54) is 12.8 Å². The van der Waals surface area contributed by atoms with Gasteiger partial charge in [-0.05, 0) is 114 Å². The molecular formula is C45H70N6O6. The Kier molecular flexibility index (Phi) is 12.2. The second-order valence-corrected chi connectivity index (χ2v) is 19.5. The highest BCUT2D eigenvalue weighted by atomic mass is 16.6. The number of carbonyl (C=O) groups excluding carboxylic acids is 3. The molecule has 0 aromatic heterocycles. The molecule has 0 bridgehead atoms. The number of morpholine rings is 1. The van der Waals surface area contributed by atoms with E-state index in [0.717, 1.165) is 96.6 Å². The fourth-order valence-corrected chi connectivity index (χ4v) is 14.1. The van der Waals surface area contributed by atoms with Gasteiger partial charge in [-0.15, -0.1) is 5.92 Å². The van der Waals surface area contributed by atoms with Crippen LogP contribution in [0.3, 0.4) is 0 Å². The van der Waals surface area contributed by atoms with E-state index in [2.05, 4.69) is 37.6 Å². The largest absolute Gasteiger partial charge is 0.459 e. The van der Waals surface area contributed by atoms with Crippen molar-refractivity contribution in [2.75, 3.05) is 45.9 Å². The predicted octanol–water partition coefficient (Wildman–Crippen LogP) is 2.96. The number of cyclic esters (lactones) is 1. The van der Waals surface area contributed by atoms with Crippen LogP contribution in [0.2, 0.25) is 0 Å². The molecule has 2 amide bonds. The fourth-order valence-electron chi connectivity index (χ4n) is 14.1. The first-order chi connectivity index (χ1) is 27.9. The van der Waals surface area contributed by atoms with Gasteiger partial charge in [0.15, 0.2) is 0 Å². The molecule has 316 valence electrons. The first-order valence-electron chi connectivity index (χ1n) is 23.5.